The fourth-order valence-electron chi connectivity index (χ4n) is 1.95. The van der Waals surface area contributed by atoms with Gasteiger partial charge in [0.1, 0.15) is 4.83 Å². The summed E-state index contributed by atoms with van der Waals surface area (Å²) in [6, 6.07) is 1.85. The predicted molar refractivity (Wildman–Crippen MR) is 76.2 cm³/mol. The summed E-state index contributed by atoms with van der Waals surface area (Å²) in [5.41, 5.74) is 0.0728. The Morgan fingerprint density at radius 3 is 3.17 bits per heavy atom. The SMILES string of the molecule is CCCNCC(C)Cn1cnc2sccc2c1=O. The van der Waals surface area contributed by atoms with E-state index in [1.807, 2.05) is 11.4 Å². The third-order valence-electron chi connectivity index (χ3n) is 2.88. The highest BCUT2D eigenvalue weighted by atomic mass is 32.1. The fraction of sp³-hybridized carbons (Fsp3) is 0.538. The van der Waals surface area contributed by atoms with E-state index in [2.05, 4.69) is 24.1 Å². The van der Waals surface area contributed by atoms with Crippen LogP contribution in [-0.4, -0.2) is 22.6 Å². The van der Waals surface area contributed by atoms with Gasteiger partial charge in [-0.2, -0.15) is 0 Å². The molecule has 0 radical (unpaired) electrons. The maximum Gasteiger partial charge on any atom is 0.262 e. The van der Waals surface area contributed by atoms with E-state index in [0.29, 0.717) is 12.5 Å². The average Bonchev–Trinajstić information content (AvgIpc) is 2.82. The Balaban J connectivity index is 2.07. The molecule has 0 aliphatic heterocycles. The Hall–Kier alpha value is -1.20. The van der Waals surface area contributed by atoms with E-state index >= 15 is 0 Å². The molecule has 2 heterocycles. The Kier molecular flexibility index (Phi) is 4.49. The van der Waals surface area contributed by atoms with Crippen LogP contribution in [0.4, 0.5) is 0 Å². The first-order valence-corrected chi connectivity index (χ1v) is 7.23. The van der Waals surface area contributed by atoms with Crippen LogP contribution in [-0.2, 0) is 6.54 Å². The summed E-state index contributed by atoms with van der Waals surface area (Å²) in [6.45, 7) is 6.97. The lowest BCUT2D eigenvalue weighted by molar-refractivity contribution is 0.438. The van der Waals surface area contributed by atoms with Crippen molar-refractivity contribution in [3.05, 3.63) is 28.1 Å². The van der Waals surface area contributed by atoms with Gasteiger partial charge in [-0.1, -0.05) is 13.8 Å². The Labute approximate surface area is 111 Å². The van der Waals surface area contributed by atoms with Crippen molar-refractivity contribution >= 4 is 21.6 Å². The molecule has 0 bridgehead atoms. The first-order chi connectivity index (χ1) is 8.72. The van der Waals surface area contributed by atoms with Crippen molar-refractivity contribution in [2.75, 3.05) is 13.1 Å². The van der Waals surface area contributed by atoms with Gasteiger partial charge in [0.2, 0.25) is 0 Å². The smallest absolute Gasteiger partial charge is 0.262 e. The van der Waals surface area contributed by atoms with E-state index in [4.69, 9.17) is 0 Å². The topological polar surface area (TPSA) is 46.9 Å². The lowest BCUT2D eigenvalue weighted by Crippen LogP contribution is -2.29. The van der Waals surface area contributed by atoms with Crippen LogP contribution in [0.3, 0.4) is 0 Å². The molecular weight excluding hydrogens is 246 g/mol. The number of rotatable bonds is 6. The van der Waals surface area contributed by atoms with Gasteiger partial charge >= 0.3 is 0 Å². The van der Waals surface area contributed by atoms with E-state index in [-0.39, 0.29) is 5.56 Å². The largest absolute Gasteiger partial charge is 0.316 e. The second kappa shape index (κ2) is 6.11. The number of hydrogen-bond donors (Lipinski definition) is 1. The van der Waals surface area contributed by atoms with Gasteiger partial charge in [-0.3, -0.25) is 9.36 Å². The molecule has 0 saturated carbocycles. The van der Waals surface area contributed by atoms with Crippen molar-refractivity contribution in [2.45, 2.75) is 26.8 Å². The van der Waals surface area contributed by atoms with Gasteiger partial charge in [0.25, 0.3) is 5.56 Å². The van der Waals surface area contributed by atoms with Gasteiger partial charge in [-0.25, -0.2) is 4.98 Å². The quantitative estimate of drug-likeness (QED) is 0.814. The molecule has 0 saturated heterocycles. The van der Waals surface area contributed by atoms with Crippen molar-refractivity contribution in [1.82, 2.24) is 14.9 Å². The normalized spacial score (nSPS) is 13.0. The van der Waals surface area contributed by atoms with E-state index in [9.17, 15) is 4.79 Å². The minimum Gasteiger partial charge on any atom is -0.316 e. The molecular formula is C13H19N3OS. The number of thiophene rings is 1. The monoisotopic (exact) mass is 265 g/mol. The fourth-order valence-corrected chi connectivity index (χ4v) is 2.67. The van der Waals surface area contributed by atoms with Gasteiger partial charge < -0.3 is 5.32 Å². The molecule has 18 heavy (non-hydrogen) atoms. The van der Waals surface area contributed by atoms with Crippen LogP contribution >= 0.6 is 11.3 Å². The number of fused-ring (bicyclic) bond motifs is 1. The summed E-state index contributed by atoms with van der Waals surface area (Å²) in [5, 5.41) is 6.02. The highest BCUT2D eigenvalue weighted by Gasteiger charge is 2.08. The molecule has 2 aromatic rings. The molecule has 0 aliphatic carbocycles. The van der Waals surface area contributed by atoms with Crippen molar-refractivity contribution in [1.29, 1.82) is 0 Å². The molecule has 0 aliphatic rings. The molecule has 4 nitrogen and oxygen atoms in total. The maximum atomic E-state index is 12.2. The van der Waals surface area contributed by atoms with Crippen molar-refractivity contribution in [2.24, 2.45) is 5.92 Å². The summed E-state index contributed by atoms with van der Waals surface area (Å²) in [6.07, 6.45) is 2.80. The van der Waals surface area contributed by atoms with Gasteiger partial charge in [-0.05, 0) is 36.9 Å². The number of nitrogens with zero attached hydrogens (tertiary/aromatic N) is 2. The Morgan fingerprint density at radius 1 is 1.56 bits per heavy atom. The van der Waals surface area contributed by atoms with Gasteiger partial charge in [0.15, 0.2) is 0 Å². The van der Waals surface area contributed by atoms with E-state index < -0.39 is 0 Å². The first kappa shape index (κ1) is 13.2. The summed E-state index contributed by atoms with van der Waals surface area (Å²) in [7, 11) is 0. The molecule has 1 unspecified atom stereocenters. The molecule has 98 valence electrons. The molecule has 1 atom stereocenters. The van der Waals surface area contributed by atoms with E-state index in [1.165, 1.54) is 11.3 Å². The van der Waals surface area contributed by atoms with Crippen LogP contribution in [0.2, 0.25) is 0 Å². The minimum atomic E-state index is 0.0728. The van der Waals surface area contributed by atoms with Gasteiger partial charge in [0.05, 0.1) is 11.7 Å². The van der Waals surface area contributed by atoms with Crippen LogP contribution < -0.4 is 10.9 Å². The summed E-state index contributed by atoms with van der Waals surface area (Å²) < 4.78 is 1.72. The second-order valence-electron chi connectivity index (χ2n) is 4.65. The molecule has 0 amide bonds. The summed E-state index contributed by atoms with van der Waals surface area (Å²) in [4.78, 5) is 17.3. The highest BCUT2D eigenvalue weighted by Crippen LogP contribution is 2.13. The molecule has 0 aromatic carbocycles. The van der Waals surface area contributed by atoms with Crippen LogP contribution in [0.25, 0.3) is 10.2 Å². The predicted octanol–water partition coefficient (Wildman–Crippen LogP) is 2.09. The third-order valence-corrected chi connectivity index (χ3v) is 3.70. The molecule has 5 heteroatoms. The average molecular weight is 265 g/mol. The van der Waals surface area contributed by atoms with Crippen molar-refractivity contribution < 1.29 is 0 Å². The summed E-state index contributed by atoms with van der Waals surface area (Å²) in [5.74, 6) is 0.423. The second-order valence-corrected chi connectivity index (χ2v) is 5.55. The van der Waals surface area contributed by atoms with Gasteiger partial charge in [-0.15, -0.1) is 11.3 Å². The lowest BCUT2D eigenvalue weighted by atomic mass is 10.2. The van der Waals surface area contributed by atoms with Crippen LogP contribution in [0.1, 0.15) is 20.3 Å². The Morgan fingerprint density at radius 2 is 2.39 bits per heavy atom. The number of aromatic nitrogens is 2. The van der Waals surface area contributed by atoms with E-state index in [1.54, 1.807) is 10.9 Å². The maximum absolute atomic E-state index is 12.2. The van der Waals surface area contributed by atoms with Crippen molar-refractivity contribution in [3.8, 4) is 0 Å². The number of hydrogen-bond acceptors (Lipinski definition) is 4. The number of nitrogens with one attached hydrogen (secondary N) is 1. The van der Waals surface area contributed by atoms with Crippen LogP contribution in [0.5, 0.6) is 0 Å². The summed E-state index contributed by atoms with van der Waals surface area (Å²) >= 11 is 1.51. The molecule has 2 rings (SSSR count). The minimum absolute atomic E-state index is 0.0728. The van der Waals surface area contributed by atoms with Crippen molar-refractivity contribution in [3.63, 3.8) is 0 Å². The zero-order valence-electron chi connectivity index (χ0n) is 10.8. The zero-order chi connectivity index (χ0) is 13.0. The standard InChI is InChI=1S/C13H19N3OS/c1-3-5-14-7-10(2)8-16-9-15-12-11(13(16)17)4-6-18-12/h4,6,9-10,14H,3,5,7-8H2,1-2H3. The van der Waals surface area contributed by atoms with Crippen LogP contribution in [0, 0.1) is 5.92 Å². The molecule has 2 aromatic heterocycles. The molecule has 0 fully saturated rings. The Bertz CT molecular complexity index is 561. The molecule has 1 N–H and O–H groups in total. The third kappa shape index (κ3) is 2.97. The molecule has 0 spiro atoms. The first-order valence-electron chi connectivity index (χ1n) is 6.35. The van der Waals surface area contributed by atoms with Gasteiger partial charge in [0, 0.05) is 6.54 Å². The zero-order valence-corrected chi connectivity index (χ0v) is 11.7. The van der Waals surface area contributed by atoms with Crippen LogP contribution in [0.15, 0.2) is 22.6 Å². The van der Waals surface area contributed by atoms with E-state index in [0.717, 1.165) is 29.7 Å². The lowest BCUT2D eigenvalue weighted by Gasteiger charge is -2.13. The highest BCUT2D eigenvalue weighted by molar-refractivity contribution is 7.16.